The van der Waals surface area contributed by atoms with Crippen molar-refractivity contribution >= 4 is 6.09 Å². The number of carbonyl (C=O) groups is 1. The van der Waals surface area contributed by atoms with Gasteiger partial charge in [0.05, 0.1) is 6.61 Å². The van der Waals surface area contributed by atoms with Gasteiger partial charge < -0.3 is 20.1 Å². The summed E-state index contributed by atoms with van der Waals surface area (Å²) in [5.74, 6) is 1.66. The average molecular weight is 343 g/mol. The van der Waals surface area contributed by atoms with Gasteiger partial charge in [-0.05, 0) is 64.8 Å². The first-order valence-electron chi connectivity index (χ1n) is 9.49. The van der Waals surface area contributed by atoms with Gasteiger partial charge in [0.1, 0.15) is 5.60 Å². The van der Waals surface area contributed by atoms with Crippen LogP contribution >= 0.6 is 0 Å². The lowest BCUT2D eigenvalue weighted by Crippen LogP contribution is -2.38. The Morgan fingerprint density at radius 2 is 2.04 bits per heavy atom. The molecule has 0 aromatic carbocycles. The molecule has 0 spiro atoms. The predicted octanol–water partition coefficient (Wildman–Crippen LogP) is 3.72. The van der Waals surface area contributed by atoms with E-state index >= 15 is 0 Å². The lowest BCUT2D eigenvalue weighted by Gasteiger charge is -2.29. The highest BCUT2D eigenvalue weighted by Crippen LogP contribution is 2.28. The van der Waals surface area contributed by atoms with Crippen LogP contribution in [0.25, 0.3) is 0 Å². The molecule has 1 amide bonds. The van der Waals surface area contributed by atoms with Gasteiger partial charge in [-0.3, -0.25) is 0 Å². The van der Waals surface area contributed by atoms with Gasteiger partial charge in [0.2, 0.25) is 0 Å². The summed E-state index contributed by atoms with van der Waals surface area (Å²) in [7, 11) is 1.75. The van der Waals surface area contributed by atoms with Crippen molar-refractivity contribution in [1.82, 2.24) is 10.6 Å². The number of carbonyl (C=O) groups excluding carboxylic acids is 1. The van der Waals surface area contributed by atoms with Crippen molar-refractivity contribution in [2.45, 2.75) is 77.9 Å². The maximum atomic E-state index is 11.6. The van der Waals surface area contributed by atoms with E-state index in [4.69, 9.17) is 9.47 Å². The normalized spacial score (nSPS) is 22.9. The van der Waals surface area contributed by atoms with E-state index < -0.39 is 5.60 Å². The molecular formula is C19H38N2O3. The van der Waals surface area contributed by atoms with E-state index in [1.807, 2.05) is 20.8 Å². The van der Waals surface area contributed by atoms with Crippen LogP contribution in [0.5, 0.6) is 0 Å². The molecule has 0 radical (unpaired) electrons. The van der Waals surface area contributed by atoms with E-state index in [1.54, 1.807) is 7.11 Å². The van der Waals surface area contributed by atoms with E-state index in [2.05, 4.69) is 17.6 Å². The standard InChI is InChI=1S/C19H38N2O3/c1-15-8-6-9-16(12-15)13-21-17(14-23-5)10-7-11-20-18(22)24-19(2,3)4/h15-17,21H,6-14H2,1-5H3,(H,20,22). The highest BCUT2D eigenvalue weighted by atomic mass is 16.6. The van der Waals surface area contributed by atoms with Crippen LogP contribution in [-0.2, 0) is 9.47 Å². The summed E-state index contributed by atoms with van der Waals surface area (Å²) >= 11 is 0. The first kappa shape index (κ1) is 21.2. The number of methoxy groups -OCH3 is 1. The third-order valence-corrected chi connectivity index (χ3v) is 4.51. The molecule has 5 nitrogen and oxygen atoms in total. The SMILES string of the molecule is COCC(CCCNC(=O)OC(C)(C)C)NCC1CCCC(C)C1. The highest BCUT2D eigenvalue weighted by Gasteiger charge is 2.20. The average Bonchev–Trinajstić information content (AvgIpc) is 2.47. The lowest BCUT2D eigenvalue weighted by molar-refractivity contribution is 0.0526. The van der Waals surface area contributed by atoms with Crippen LogP contribution in [0.3, 0.4) is 0 Å². The Bertz CT molecular complexity index is 355. The molecule has 0 heterocycles. The quantitative estimate of drug-likeness (QED) is 0.627. The van der Waals surface area contributed by atoms with Crippen molar-refractivity contribution in [3.05, 3.63) is 0 Å². The zero-order valence-corrected chi connectivity index (χ0v) is 16.3. The largest absolute Gasteiger partial charge is 0.444 e. The Balaban J connectivity index is 2.19. The van der Waals surface area contributed by atoms with Crippen molar-refractivity contribution in [3.8, 4) is 0 Å². The summed E-state index contributed by atoms with van der Waals surface area (Å²) in [5, 5.41) is 6.49. The van der Waals surface area contributed by atoms with Crippen LogP contribution in [0.4, 0.5) is 4.79 Å². The number of amides is 1. The zero-order valence-electron chi connectivity index (χ0n) is 16.3. The summed E-state index contributed by atoms with van der Waals surface area (Å²) in [5.41, 5.74) is -0.443. The monoisotopic (exact) mass is 342 g/mol. The number of hydrogen-bond acceptors (Lipinski definition) is 4. The molecule has 2 N–H and O–H groups in total. The molecule has 0 aromatic heterocycles. The van der Waals surface area contributed by atoms with Crippen molar-refractivity contribution in [3.63, 3.8) is 0 Å². The van der Waals surface area contributed by atoms with Gasteiger partial charge in [-0.25, -0.2) is 4.79 Å². The zero-order chi connectivity index (χ0) is 18.0. The molecule has 0 aromatic rings. The van der Waals surface area contributed by atoms with Crippen LogP contribution < -0.4 is 10.6 Å². The number of hydrogen-bond donors (Lipinski definition) is 2. The highest BCUT2D eigenvalue weighted by molar-refractivity contribution is 5.67. The van der Waals surface area contributed by atoms with Crippen LogP contribution in [0.1, 0.15) is 66.2 Å². The van der Waals surface area contributed by atoms with Crippen LogP contribution in [-0.4, -0.2) is 44.5 Å². The Kier molecular flexibility index (Phi) is 9.67. The summed E-state index contributed by atoms with van der Waals surface area (Å²) in [6.07, 6.45) is 7.00. The second-order valence-electron chi connectivity index (χ2n) is 8.27. The number of ether oxygens (including phenoxy) is 2. The van der Waals surface area contributed by atoms with Gasteiger partial charge in [0.25, 0.3) is 0 Å². The van der Waals surface area contributed by atoms with Crippen molar-refractivity contribution < 1.29 is 14.3 Å². The van der Waals surface area contributed by atoms with Crippen molar-refractivity contribution in [1.29, 1.82) is 0 Å². The Hall–Kier alpha value is -0.810. The van der Waals surface area contributed by atoms with E-state index in [0.29, 0.717) is 19.2 Å². The van der Waals surface area contributed by atoms with E-state index in [0.717, 1.165) is 31.2 Å². The molecule has 3 atom stereocenters. The number of nitrogens with one attached hydrogen (secondary N) is 2. The van der Waals surface area contributed by atoms with Crippen LogP contribution in [0.2, 0.25) is 0 Å². The third kappa shape index (κ3) is 10.1. The summed E-state index contributed by atoms with van der Waals surface area (Å²) in [6, 6.07) is 0.354. The predicted molar refractivity (Wildman–Crippen MR) is 98.3 cm³/mol. The second-order valence-corrected chi connectivity index (χ2v) is 8.27. The fraction of sp³-hybridized carbons (Fsp3) is 0.947. The Labute approximate surface area is 148 Å². The molecule has 24 heavy (non-hydrogen) atoms. The Morgan fingerprint density at radius 3 is 2.67 bits per heavy atom. The maximum Gasteiger partial charge on any atom is 0.407 e. The Morgan fingerprint density at radius 1 is 1.29 bits per heavy atom. The molecule has 3 unspecified atom stereocenters. The molecule has 0 aliphatic heterocycles. The van der Waals surface area contributed by atoms with E-state index in [1.165, 1.54) is 25.7 Å². The number of rotatable bonds is 9. The molecule has 1 aliphatic rings. The maximum absolute atomic E-state index is 11.6. The topological polar surface area (TPSA) is 59.6 Å². The van der Waals surface area contributed by atoms with Gasteiger partial charge in [0.15, 0.2) is 0 Å². The molecule has 0 bridgehead atoms. The molecule has 0 saturated heterocycles. The van der Waals surface area contributed by atoms with Gasteiger partial charge in [-0.1, -0.05) is 19.8 Å². The smallest absolute Gasteiger partial charge is 0.407 e. The van der Waals surface area contributed by atoms with Gasteiger partial charge in [-0.15, -0.1) is 0 Å². The lowest BCUT2D eigenvalue weighted by atomic mass is 9.82. The first-order chi connectivity index (χ1) is 11.3. The summed E-state index contributed by atoms with van der Waals surface area (Å²) < 4.78 is 10.6. The minimum absolute atomic E-state index is 0.338. The molecular weight excluding hydrogens is 304 g/mol. The molecule has 1 saturated carbocycles. The fourth-order valence-corrected chi connectivity index (χ4v) is 3.38. The molecule has 1 rings (SSSR count). The van der Waals surface area contributed by atoms with E-state index in [-0.39, 0.29) is 6.09 Å². The first-order valence-corrected chi connectivity index (χ1v) is 9.49. The van der Waals surface area contributed by atoms with Gasteiger partial charge >= 0.3 is 6.09 Å². The molecule has 142 valence electrons. The van der Waals surface area contributed by atoms with Crippen molar-refractivity contribution in [2.24, 2.45) is 11.8 Å². The van der Waals surface area contributed by atoms with E-state index in [9.17, 15) is 4.79 Å². The summed E-state index contributed by atoms with van der Waals surface area (Å²) in [4.78, 5) is 11.6. The minimum atomic E-state index is -0.443. The third-order valence-electron chi connectivity index (χ3n) is 4.51. The molecule has 1 fully saturated rings. The molecule has 1 aliphatic carbocycles. The minimum Gasteiger partial charge on any atom is -0.444 e. The fourth-order valence-electron chi connectivity index (χ4n) is 3.38. The van der Waals surface area contributed by atoms with Crippen molar-refractivity contribution in [2.75, 3.05) is 26.8 Å². The summed E-state index contributed by atoms with van der Waals surface area (Å²) in [6.45, 7) is 10.4. The second kappa shape index (κ2) is 10.9. The van der Waals surface area contributed by atoms with Crippen LogP contribution in [0, 0.1) is 11.8 Å². The van der Waals surface area contributed by atoms with Gasteiger partial charge in [0, 0.05) is 19.7 Å². The van der Waals surface area contributed by atoms with Crippen LogP contribution in [0.15, 0.2) is 0 Å². The molecule has 5 heteroatoms. The number of alkyl carbamates (subject to hydrolysis) is 1. The van der Waals surface area contributed by atoms with Gasteiger partial charge in [-0.2, -0.15) is 0 Å².